The van der Waals surface area contributed by atoms with Crippen LogP contribution in [0.2, 0.25) is 0 Å². The molecule has 124 valence electrons. The van der Waals surface area contributed by atoms with E-state index in [0.717, 1.165) is 24.5 Å². The fourth-order valence-electron chi connectivity index (χ4n) is 3.02. The average molecular weight is 408 g/mol. The Bertz CT molecular complexity index is 322. The molecule has 2 aliphatic rings. The Labute approximate surface area is 147 Å². The van der Waals surface area contributed by atoms with E-state index >= 15 is 0 Å². The van der Waals surface area contributed by atoms with Crippen LogP contribution in [0.1, 0.15) is 52.4 Å². The van der Waals surface area contributed by atoms with E-state index < -0.39 is 0 Å². The number of hydrogen-bond acceptors (Lipinski definition) is 2. The number of halogens is 1. The molecule has 0 spiro atoms. The van der Waals surface area contributed by atoms with Crippen LogP contribution in [0.15, 0.2) is 4.99 Å². The summed E-state index contributed by atoms with van der Waals surface area (Å²) in [6, 6.07) is 1.99. The van der Waals surface area contributed by atoms with Gasteiger partial charge < -0.3 is 10.6 Å². The van der Waals surface area contributed by atoms with Crippen molar-refractivity contribution in [2.75, 3.05) is 20.6 Å². The van der Waals surface area contributed by atoms with Crippen LogP contribution >= 0.6 is 24.0 Å². The van der Waals surface area contributed by atoms with E-state index in [0.29, 0.717) is 12.1 Å². The van der Waals surface area contributed by atoms with Crippen molar-refractivity contribution in [3.05, 3.63) is 0 Å². The Balaban J connectivity index is 0.00000220. The van der Waals surface area contributed by atoms with Gasteiger partial charge in [-0.25, -0.2) is 0 Å². The number of nitrogens with one attached hydrogen (secondary N) is 2. The van der Waals surface area contributed by atoms with Crippen LogP contribution in [-0.2, 0) is 0 Å². The van der Waals surface area contributed by atoms with Gasteiger partial charge in [-0.2, -0.15) is 0 Å². The third kappa shape index (κ3) is 6.30. The zero-order valence-electron chi connectivity index (χ0n) is 14.1. The molecule has 1 atom stereocenters. The second-order valence-corrected chi connectivity index (χ2v) is 6.80. The van der Waals surface area contributed by atoms with Crippen LogP contribution in [0.4, 0.5) is 0 Å². The van der Waals surface area contributed by atoms with Gasteiger partial charge in [0.15, 0.2) is 5.96 Å². The predicted octanol–water partition coefficient (Wildman–Crippen LogP) is 2.83. The second-order valence-electron chi connectivity index (χ2n) is 6.80. The minimum atomic E-state index is 0. The maximum Gasteiger partial charge on any atom is 0.191 e. The summed E-state index contributed by atoms with van der Waals surface area (Å²) >= 11 is 0. The summed E-state index contributed by atoms with van der Waals surface area (Å²) in [4.78, 5) is 6.86. The normalized spacial score (nSPS) is 28.0. The lowest BCUT2D eigenvalue weighted by molar-refractivity contribution is 0.247. The van der Waals surface area contributed by atoms with Gasteiger partial charge >= 0.3 is 0 Å². The fraction of sp³-hybridized carbons (Fsp3) is 0.938. The monoisotopic (exact) mass is 408 g/mol. The van der Waals surface area contributed by atoms with Crippen LogP contribution in [0.5, 0.6) is 0 Å². The number of rotatable bonds is 5. The molecular weight excluding hydrogens is 375 g/mol. The fourth-order valence-corrected chi connectivity index (χ4v) is 3.02. The summed E-state index contributed by atoms with van der Waals surface area (Å²) in [5, 5.41) is 7.07. The molecule has 0 bridgehead atoms. The summed E-state index contributed by atoms with van der Waals surface area (Å²) in [6.07, 6.45) is 7.98. The summed E-state index contributed by atoms with van der Waals surface area (Å²) < 4.78 is 0. The lowest BCUT2D eigenvalue weighted by Gasteiger charge is -2.29. The highest BCUT2D eigenvalue weighted by molar-refractivity contribution is 14.0. The molecule has 2 N–H and O–H groups in total. The number of guanidine groups is 1. The van der Waals surface area contributed by atoms with Crippen LogP contribution < -0.4 is 10.6 Å². The zero-order valence-corrected chi connectivity index (χ0v) is 16.4. The predicted molar refractivity (Wildman–Crippen MR) is 102 cm³/mol. The molecule has 2 fully saturated rings. The lowest BCUT2D eigenvalue weighted by atomic mass is 9.87. The van der Waals surface area contributed by atoms with E-state index in [1.54, 1.807) is 0 Å². The van der Waals surface area contributed by atoms with Gasteiger partial charge in [0, 0.05) is 31.7 Å². The van der Waals surface area contributed by atoms with Gasteiger partial charge in [-0.05, 0) is 58.4 Å². The minimum absolute atomic E-state index is 0. The molecule has 0 aromatic carbocycles. The Morgan fingerprint density at radius 3 is 2.33 bits per heavy atom. The van der Waals surface area contributed by atoms with Crippen molar-refractivity contribution in [1.82, 2.24) is 15.5 Å². The first kappa shape index (κ1) is 19.0. The highest BCUT2D eigenvalue weighted by Crippen LogP contribution is 2.26. The van der Waals surface area contributed by atoms with Crippen molar-refractivity contribution in [2.45, 2.75) is 70.5 Å². The average Bonchev–Trinajstić information content (AvgIpc) is 3.29. The molecule has 0 aromatic heterocycles. The van der Waals surface area contributed by atoms with E-state index in [-0.39, 0.29) is 24.0 Å². The Kier molecular flexibility index (Phi) is 8.31. The molecule has 5 heteroatoms. The summed E-state index contributed by atoms with van der Waals surface area (Å²) in [6.45, 7) is 5.62. The summed E-state index contributed by atoms with van der Waals surface area (Å²) in [7, 11) is 4.11. The standard InChI is InChI=1S/C16H32N4.HI/c1-12-5-7-14(8-6-12)19-16(17-3)18-11-13(2)20(4)15-9-10-15;/h12-15H,5-11H2,1-4H3,(H2,17,18,19);1H. The molecule has 0 amide bonds. The number of hydrogen-bond donors (Lipinski definition) is 2. The van der Waals surface area contributed by atoms with Crippen LogP contribution in [0.25, 0.3) is 0 Å². The van der Waals surface area contributed by atoms with Gasteiger partial charge in [-0.15, -0.1) is 24.0 Å². The highest BCUT2D eigenvalue weighted by atomic mass is 127. The van der Waals surface area contributed by atoms with E-state index in [1.807, 2.05) is 7.05 Å². The van der Waals surface area contributed by atoms with Crippen molar-refractivity contribution >= 4 is 29.9 Å². The molecule has 2 rings (SSSR count). The molecule has 2 saturated carbocycles. The largest absolute Gasteiger partial charge is 0.355 e. The summed E-state index contributed by atoms with van der Waals surface area (Å²) in [5.41, 5.74) is 0. The Morgan fingerprint density at radius 1 is 1.19 bits per heavy atom. The van der Waals surface area contributed by atoms with Crippen LogP contribution in [0.3, 0.4) is 0 Å². The number of nitrogens with zero attached hydrogens (tertiary/aromatic N) is 2. The van der Waals surface area contributed by atoms with Gasteiger partial charge in [0.25, 0.3) is 0 Å². The van der Waals surface area contributed by atoms with Crippen molar-refractivity contribution in [2.24, 2.45) is 10.9 Å². The van der Waals surface area contributed by atoms with E-state index in [2.05, 4.69) is 41.4 Å². The topological polar surface area (TPSA) is 39.7 Å². The zero-order chi connectivity index (χ0) is 14.5. The molecule has 0 heterocycles. The Hall–Kier alpha value is -0.0400. The first-order valence-electron chi connectivity index (χ1n) is 8.29. The maximum absolute atomic E-state index is 4.37. The molecule has 4 nitrogen and oxygen atoms in total. The number of likely N-dealkylation sites (N-methyl/N-ethyl adjacent to an activating group) is 1. The first-order chi connectivity index (χ1) is 9.60. The first-order valence-corrected chi connectivity index (χ1v) is 8.29. The minimum Gasteiger partial charge on any atom is -0.355 e. The molecule has 0 radical (unpaired) electrons. The van der Waals surface area contributed by atoms with Gasteiger partial charge in [0.1, 0.15) is 0 Å². The molecule has 21 heavy (non-hydrogen) atoms. The molecule has 0 saturated heterocycles. The third-order valence-corrected chi connectivity index (χ3v) is 4.96. The SMILES string of the molecule is CN=C(NCC(C)N(C)C1CC1)NC1CCC(C)CC1.I. The van der Waals surface area contributed by atoms with Crippen molar-refractivity contribution in [1.29, 1.82) is 0 Å². The van der Waals surface area contributed by atoms with Crippen molar-refractivity contribution in [3.63, 3.8) is 0 Å². The summed E-state index contributed by atoms with van der Waals surface area (Å²) in [5.74, 6) is 1.87. The Morgan fingerprint density at radius 2 is 1.81 bits per heavy atom. The van der Waals surface area contributed by atoms with Gasteiger partial charge in [-0.1, -0.05) is 6.92 Å². The van der Waals surface area contributed by atoms with E-state index in [9.17, 15) is 0 Å². The quantitative estimate of drug-likeness (QED) is 0.418. The smallest absolute Gasteiger partial charge is 0.191 e. The molecule has 0 aliphatic heterocycles. The number of aliphatic imine (C=N–C) groups is 1. The van der Waals surface area contributed by atoms with E-state index in [4.69, 9.17) is 0 Å². The highest BCUT2D eigenvalue weighted by Gasteiger charge is 2.29. The lowest BCUT2D eigenvalue weighted by Crippen LogP contribution is -2.48. The third-order valence-electron chi connectivity index (χ3n) is 4.96. The van der Waals surface area contributed by atoms with Crippen LogP contribution in [0, 0.1) is 5.92 Å². The van der Waals surface area contributed by atoms with Crippen molar-refractivity contribution < 1.29 is 0 Å². The second kappa shape index (κ2) is 9.18. The molecular formula is C16H33IN4. The van der Waals surface area contributed by atoms with Crippen molar-refractivity contribution in [3.8, 4) is 0 Å². The maximum atomic E-state index is 4.37. The van der Waals surface area contributed by atoms with Gasteiger partial charge in [0.2, 0.25) is 0 Å². The van der Waals surface area contributed by atoms with Gasteiger partial charge in [0.05, 0.1) is 0 Å². The molecule has 0 aromatic rings. The van der Waals surface area contributed by atoms with E-state index in [1.165, 1.54) is 38.5 Å². The molecule has 1 unspecified atom stereocenters. The molecule has 2 aliphatic carbocycles. The van der Waals surface area contributed by atoms with Crippen LogP contribution in [-0.4, -0.2) is 49.6 Å². The van der Waals surface area contributed by atoms with Gasteiger partial charge in [-0.3, -0.25) is 9.89 Å².